The summed E-state index contributed by atoms with van der Waals surface area (Å²) in [5, 5.41) is 10.8. The van der Waals surface area contributed by atoms with Crippen molar-refractivity contribution in [3.63, 3.8) is 0 Å². The first-order valence-corrected chi connectivity index (χ1v) is 11.6. The molecule has 0 aromatic heterocycles. The summed E-state index contributed by atoms with van der Waals surface area (Å²) in [6.07, 6.45) is 8.40. The number of hydrogen-bond donors (Lipinski definition) is 1. The molecule has 2 aromatic carbocycles. The highest BCUT2D eigenvalue weighted by atomic mass is 16.5. The van der Waals surface area contributed by atoms with Crippen LogP contribution < -0.4 is 18.9 Å². The minimum atomic E-state index is -0.676. The number of carbonyl (C=O) groups excluding carboxylic acids is 1. The van der Waals surface area contributed by atoms with Gasteiger partial charge in [0.15, 0.2) is 23.0 Å². The van der Waals surface area contributed by atoms with Gasteiger partial charge in [0, 0.05) is 31.9 Å². The van der Waals surface area contributed by atoms with E-state index in [-0.39, 0.29) is 12.3 Å². The summed E-state index contributed by atoms with van der Waals surface area (Å²) in [6.45, 7) is 1.15. The monoisotopic (exact) mass is 480 g/mol. The predicted molar refractivity (Wildman–Crippen MR) is 134 cm³/mol. The minimum absolute atomic E-state index is 0.0192. The number of fused-ring (bicyclic) bond motifs is 2. The van der Waals surface area contributed by atoms with Crippen LogP contribution in [0.5, 0.6) is 23.0 Å². The van der Waals surface area contributed by atoms with E-state index in [9.17, 15) is 9.90 Å². The number of benzene rings is 2. The van der Waals surface area contributed by atoms with Gasteiger partial charge in [0.05, 0.1) is 34.9 Å². The Labute approximate surface area is 206 Å². The lowest BCUT2D eigenvalue weighted by Crippen LogP contribution is -2.35. The number of aliphatic hydroxyl groups is 1. The number of aliphatic hydroxyl groups excluding tert-OH is 1. The molecule has 0 saturated carbocycles. The first kappa shape index (κ1) is 24.5. The number of nitrogens with zero attached hydrogens (tertiary/aromatic N) is 2. The minimum Gasteiger partial charge on any atom is -0.493 e. The highest BCUT2D eigenvalue weighted by Crippen LogP contribution is 2.34. The summed E-state index contributed by atoms with van der Waals surface area (Å²) >= 11 is 0. The van der Waals surface area contributed by atoms with E-state index in [0.29, 0.717) is 48.9 Å². The molecular weight excluding hydrogens is 448 g/mol. The van der Waals surface area contributed by atoms with Crippen LogP contribution in [0.4, 0.5) is 0 Å². The van der Waals surface area contributed by atoms with Crippen molar-refractivity contribution in [1.82, 2.24) is 9.80 Å². The molecule has 35 heavy (non-hydrogen) atoms. The van der Waals surface area contributed by atoms with Crippen LogP contribution in [0.25, 0.3) is 12.2 Å². The van der Waals surface area contributed by atoms with Gasteiger partial charge in [0.1, 0.15) is 6.23 Å². The van der Waals surface area contributed by atoms with Gasteiger partial charge in [-0.2, -0.15) is 0 Å². The molecule has 1 unspecified atom stereocenters. The molecule has 8 heteroatoms. The zero-order valence-electron chi connectivity index (χ0n) is 20.6. The summed E-state index contributed by atoms with van der Waals surface area (Å²) in [5.74, 6) is 2.56. The summed E-state index contributed by atoms with van der Waals surface area (Å²) in [4.78, 5) is 16.5. The first-order chi connectivity index (χ1) is 17.0. The molecule has 2 heterocycles. The fourth-order valence-electron chi connectivity index (χ4n) is 4.47. The van der Waals surface area contributed by atoms with Gasteiger partial charge in [-0.3, -0.25) is 4.79 Å². The lowest BCUT2D eigenvalue weighted by molar-refractivity contribution is -0.127. The van der Waals surface area contributed by atoms with Crippen molar-refractivity contribution < 1.29 is 28.8 Å². The summed E-state index contributed by atoms with van der Waals surface area (Å²) in [5.41, 5.74) is 3.82. The Morgan fingerprint density at radius 1 is 0.800 bits per heavy atom. The zero-order valence-corrected chi connectivity index (χ0v) is 20.6. The number of rotatable bonds is 8. The third kappa shape index (κ3) is 5.22. The maximum atomic E-state index is 12.9. The average molecular weight is 481 g/mol. The largest absolute Gasteiger partial charge is 0.493 e. The quantitative estimate of drug-likeness (QED) is 0.621. The van der Waals surface area contributed by atoms with Crippen LogP contribution in [0, 0.1) is 0 Å². The molecular formula is C27H32N2O6. The van der Waals surface area contributed by atoms with E-state index in [1.54, 1.807) is 33.3 Å². The van der Waals surface area contributed by atoms with Crippen LogP contribution >= 0.6 is 0 Å². The maximum Gasteiger partial charge on any atom is 0.230 e. The van der Waals surface area contributed by atoms with Crippen molar-refractivity contribution in [2.75, 3.05) is 41.5 Å². The van der Waals surface area contributed by atoms with Gasteiger partial charge in [0.2, 0.25) is 5.91 Å². The Balaban J connectivity index is 1.40. The molecule has 0 aliphatic carbocycles. The van der Waals surface area contributed by atoms with Gasteiger partial charge in [-0.25, -0.2) is 0 Å². The maximum absolute atomic E-state index is 12.9. The Bertz CT molecular complexity index is 1140. The van der Waals surface area contributed by atoms with Crippen molar-refractivity contribution >= 4 is 18.1 Å². The van der Waals surface area contributed by atoms with E-state index in [4.69, 9.17) is 18.9 Å². The van der Waals surface area contributed by atoms with Gasteiger partial charge in [-0.05, 0) is 65.1 Å². The smallest absolute Gasteiger partial charge is 0.230 e. The Morgan fingerprint density at radius 3 is 1.97 bits per heavy atom. The second kappa shape index (κ2) is 10.7. The molecule has 8 nitrogen and oxygen atoms in total. The van der Waals surface area contributed by atoms with Crippen molar-refractivity contribution in [1.29, 1.82) is 0 Å². The molecule has 4 rings (SSSR count). The Kier molecular flexibility index (Phi) is 7.51. The van der Waals surface area contributed by atoms with Gasteiger partial charge in [-0.15, -0.1) is 0 Å². The van der Waals surface area contributed by atoms with Crippen molar-refractivity contribution in [3.05, 3.63) is 58.9 Å². The van der Waals surface area contributed by atoms with Gasteiger partial charge in [-0.1, -0.05) is 0 Å². The number of ether oxygens (including phenoxy) is 4. The Hall–Kier alpha value is -3.65. The topological polar surface area (TPSA) is 80.7 Å². The molecule has 1 N–H and O–H groups in total. The molecule has 2 aromatic rings. The second-order valence-corrected chi connectivity index (χ2v) is 8.48. The van der Waals surface area contributed by atoms with E-state index in [2.05, 4.69) is 0 Å². The normalized spacial score (nSPS) is 16.8. The lowest BCUT2D eigenvalue weighted by atomic mass is 10.0. The molecule has 0 spiro atoms. The summed E-state index contributed by atoms with van der Waals surface area (Å²) < 4.78 is 21.6. The van der Waals surface area contributed by atoms with Crippen LogP contribution in [0.15, 0.2) is 36.7 Å². The highest BCUT2D eigenvalue weighted by molar-refractivity contribution is 5.84. The number of amides is 1. The van der Waals surface area contributed by atoms with Crippen LogP contribution in [0.2, 0.25) is 0 Å². The molecule has 186 valence electrons. The number of hydrogen-bond acceptors (Lipinski definition) is 7. The second-order valence-electron chi connectivity index (χ2n) is 8.48. The van der Waals surface area contributed by atoms with Gasteiger partial charge < -0.3 is 33.9 Å². The fourth-order valence-corrected chi connectivity index (χ4v) is 4.47. The molecule has 0 bridgehead atoms. The lowest BCUT2D eigenvalue weighted by Gasteiger charge is -2.26. The molecule has 0 fully saturated rings. The molecule has 2 aliphatic heterocycles. The van der Waals surface area contributed by atoms with Gasteiger partial charge >= 0.3 is 0 Å². The predicted octanol–water partition coefficient (Wildman–Crippen LogP) is 3.31. The average Bonchev–Trinajstić information content (AvgIpc) is 3.12. The van der Waals surface area contributed by atoms with E-state index in [1.807, 2.05) is 53.7 Å². The highest BCUT2D eigenvalue weighted by Gasteiger charge is 2.22. The van der Waals surface area contributed by atoms with E-state index in [1.165, 1.54) is 0 Å². The van der Waals surface area contributed by atoms with Crippen LogP contribution in [-0.2, 0) is 17.6 Å². The van der Waals surface area contributed by atoms with Crippen LogP contribution in [-0.4, -0.2) is 68.6 Å². The fraction of sp³-hybridized carbons (Fsp3) is 0.370. The molecule has 1 atom stereocenters. The van der Waals surface area contributed by atoms with Crippen LogP contribution in [0.1, 0.15) is 28.7 Å². The molecule has 0 radical (unpaired) electrons. The van der Waals surface area contributed by atoms with Crippen LogP contribution in [0.3, 0.4) is 0 Å². The Morgan fingerprint density at radius 2 is 1.34 bits per heavy atom. The third-order valence-corrected chi connectivity index (χ3v) is 6.43. The van der Waals surface area contributed by atoms with Crippen molar-refractivity contribution in [2.45, 2.75) is 25.5 Å². The van der Waals surface area contributed by atoms with Gasteiger partial charge in [0.25, 0.3) is 0 Å². The molecule has 1 amide bonds. The summed E-state index contributed by atoms with van der Waals surface area (Å²) in [7, 11) is 6.39. The van der Waals surface area contributed by atoms with E-state index >= 15 is 0 Å². The van der Waals surface area contributed by atoms with Crippen molar-refractivity contribution in [3.8, 4) is 23.0 Å². The third-order valence-electron chi connectivity index (χ3n) is 6.43. The number of carbonyl (C=O) groups is 1. The summed E-state index contributed by atoms with van der Waals surface area (Å²) in [6, 6.07) is 7.58. The zero-order chi connectivity index (χ0) is 24.9. The molecule has 2 aliphatic rings. The van der Waals surface area contributed by atoms with Crippen molar-refractivity contribution in [2.24, 2.45) is 0 Å². The SMILES string of the molecule is COc1cc2c(cc1OC)CC(=O)N(CCCN1C=Cc3cc(OC)c(OC)cc3CC1O)C=C2. The first-order valence-electron chi connectivity index (χ1n) is 11.6. The molecule has 0 saturated heterocycles. The standard InChI is InChI=1S/C27H32N2O6/c1-32-22-12-18-6-10-28(26(30)16-20(18)14-24(22)34-3)8-5-9-29-11-7-19-13-23(33-2)25(35-4)15-21(19)17-27(29)31/h6-7,10-15,26,30H,5,8-9,16-17H2,1-4H3. The van der Waals surface area contributed by atoms with E-state index in [0.717, 1.165) is 22.3 Å². The number of methoxy groups -OCH3 is 4. The van der Waals surface area contributed by atoms with E-state index < -0.39 is 6.23 Å².